The van der Waals surface area contributed by atoms with Crippen LogP contribution in [0.5, 0.6) is 0 Å². The third kappa shape index (κ3) is 5.56. The minimum Gasteiger partial charge on any atom is -0.466 e. The molecule has 21 heavy (non-hydrogen) atoms. The van der Waals surface area contributed by atoms with Crippen LogP contribution in [0.4, 0.5) is 5.69 Å². The zero-order chi connectivity index (χ0) is 14.4. The molecule has 0 radical (unpaired) electrons. The van der Waals surface area contributed by atoms with Crippen molar-refractivity contribution in [3.8, 4) is 0 Å². The third-order valence-electron chi connectivity index (χ3n) is 3.68. The van der Waals surface area contributed by atoms with Crippen LogP contribution in [0.25, 0.3) is 0 Å². The summed E-state index contributed by atoms with van der Waals surface area (Å²) in [6.07, 6.45) is 0.498. The lowest BCUT2D eigenvalue weighted by molar-refractivity contribution is -0.143. The zero-order valence-corrected chi connectivity index (χ0v) is 13.7. The van der Waals surface area contributed by atoms with E-state index < -0.39 is 0 Å². The molecule has 0 bridgehead atoms. The molecule has 0 atom stereocenters. The van der Waals surface area contributed by atoms with Crippen molar-refractivity contribution in [1.82, 2.24) is 4.90 Å². The molecule has 1 aromatic carbocycles. The molecule has 0 N–H and O–H groups in total. The Morgan fingerprint density at radius 3 is 2.57 bits per heavy atom. The second-order valence-corrected chi connectivity index (χ2v) is 5.22. The van der Waals surface area contributed by atoms with E-state index in [1.54, 1.807) is 0 Å². The number of hydrogen-bond donors (Lipinski definition) is 0. The summed E-state index contributed by atoms with van der Waals surface area (Å²) < 4.78 is 4.96. The van der Waals surface area contributed by atoms with E-state index in [0.717, 1.165) is 32.7 Å². The van der Waals surface area contributed by atoms with Crippen molar-refractivity contribution in [1.29, 1.82) is 0 Å². The maximum atomic E-state index is 11.3. The molecule has 0 aliphatic carbocycles. The van der Waals surface area contributed by atoms with Gasteiger partial charge in [0.2, 0.25) is 0 Å². The van der Waals surface area contributed by atoms with Crippen molar-refractivity contribution >= 4 is 24.1 Å². The van der Waals surface area contributed by atoms with Gasteiger partial charge in [0.05, 0.1) is 13.0 Å². The summed E-state index contributed by atoms with van der Waals surface area (Å²) in [4.78, 5) is 16.1. The van der Waals surface area contributed by atoms with E-state index in [1.807, 2.05) is 6.92 Å². The van der Waals surface area contributed by atoms with Gasteiger partial charge in [-0.15, -0.1) is 12.4 Å². The largest absolute Gasteiger partial charge is 0.466 e. The maximum absolute atomic E-state index is 11.3. The van der Waals surface area contributed by atoms with Gasteiger partial charge in [0.1, 0.15) is 0 Å². The van der Waals surface area contributed by atoms with Gasteiger partial charge in [-0.25, -0.2) is 0 Å². The molecule has 0 unspecified atom stereocenters. The number of halogens is 1. The molecule has 1 aromatic rings. The Morgan fingerprint density at radius 2 is 1.95 bits per heavy atom. The van der Waals surface area contributed by atoms with Crippen LogP contribution in [0, 0.1) is 6.92 Å². The predicted octanol–water partition coefficient (Wildman–Crippen LogP) is 2.49. The molecule has 5 heteroatoms. The highest BCUT2D eigenvalue weighted by Gasteiger charge is 2.17. The van der Waals surface area contributed by atoms with E-state index in [0.29, 0.717) is 13.0 Å². The Kier molecular flexibility index (Phi) is 7.54. The normalized spacial score (nSPS) is 15.4. The Labute approximate surface area is 133 Å². The molecule has 0 amide bonds. The summed E-state index contributed by atoms with van der Waals surface area (Å²) in [6.45, 7) is 9.30. The number of piperazine rings is 1. The van der Waals surface area contributed by atoms with E-state index >= 15 is 0 Å². The lowest BCUT2D eigenvalue weighted by Gasteiger charge is -2.36. The topological polar surface area (TPSA) is 32.8 Å². The van der Waals surface area contributed by atoms with Crippen molar-refractivity contribution in [2.24, 2.45) is 0 Å². The quantitative estimate of drug-likeness (QED) is 0.782. The number of aryl methyl sites for hydroxylation is 1. The Morgan fingerprint density at radius 1 is 1.24 bits per heavy atom. The standard InChI is InChI=1S/C16H24N2O2.ClH/c1-3-20-16(19)7-8-17-9-11-18(12-10-17)15-6-4-5-14(2)13-15;/h4-6,13H,3,7-12H2,1-2H3;1H. The SMILES string of the molecule is CCOC(=O)CCN1CCN(c2cccc(C)c2)CC1.Cl. The number of hydrogen-bond acceptors (Lipinski definition) is 4. The molecule has 118 valence electrons. The number of benzene rings is 1. The van der Waals surface area contributed by atoms with Gasteiger partial charge in [-0.1, -0.05) is 12.1 Å². The fourth-order valence-corrected chi connectivity index (χ4v) is 2.54. The lowest BCUT2D eigenvalue weighted by atomic mass is 10.2. The minimum absolute atomic E-state index is 0. The van der Waals surface area contributed by atoms with Crippen molar-refractivity contribution in [2.45, 2.75) is 20.3 Å². The summed E-state index contributed by atoms with van der Waals surface area (Å²) in [5.41, 5.74) is 2.60. The summed E-state index contributed by atoms with van der Waals surface area (Å²) in [6, 6.07) is 8.63. The number of carbonyl (C=O) groups excluding carboxylic acids is 1. The van der Waals surface area contributed by atoms with Crippen molar-refractivity contribution in [3.05, 3.63) is 29.8 Å². The molecule has 0 saturated carbocycles. The van der Waals surface area contributed by atoms with Crippen LogP contribution in [-0.2, 0) is 9.53 Å². The zero-order valence-electron chi connectivity index (χ0n) is 12.9. The molecule has 1 heterocycles. The fraction of sp³-hybridized carbons (Fsp3) is 0.562. The summed E-state index contributed by atoms with van der Waals surface area (Å²) in [5.74, 6) is -0.0892. The second kappa shape index (κ2) is 8.90. The first-order chi connectivity index (χ1) is 9.69. The number of anilines is 1. The molecule has 1 saturated heterocycles. The van der Waals surface area contributed by atoms with Crippen LogP contribution in [0.3, 0.4) is 0 Å². The van der Waals surface area contributed by atoms with Gasteiger partial charge in [-0.05, 0) is 31.5 Å². The highest BCUT2D eigenvalue weighted by molar-refractivity contribution is 5.85. The molecule has 0 spiro atoms. The van der Waals surface area contributed by atoms with Gasteiger partial charge in [-0.3, -0.25) is 9.69 Å². The van der Waals surface area contributed by atoms with Crippen LogP contribution in [-0.4, -0.2) is 50.2 Å². The first-order valence-corrected chi connectivity index (χ1v) is 7.38. The van der Waals surface area contributed by atoms with Gasteiger partial charge >= 0.3 is 5.97 Å². The summed E-state index contributed by atoms with van der Waals surface area (Å²) >= 11 is 0. The Hall–Kier alpha value is -1.26. The first-order valence-electron chi connectivity index (χ1n) is 7.38. The summed E-state index contributed by atoms with van der Waals surface area (Å²) in [7, 11) is 0. The van der Waals surface area contributed by atoms with E-state index in [1.165, 1.54) is 11.3 Å². The molecule has 0 aromatic heterocycles. The molecule has 1 fully saturated rings. The lowest BCUT2D eigenvalue weighted by Crippen LogP contribution is -2.47. The second-order valence-electron chi connectivity index (χ2n) is 5.22. The maximum Gasteiger partial charge on any atom is 0.307 e. The van der Waals surface area contributed by atoms with Gasteiger partial charge < -0.3 is 9.64 Å². The fourth-order valence-electron chi connectivity index (χ4n) is 2.54. The smallest absolute Gasteiger partial charge is 0.307 e. The van der Waals surface area contributed by atoms with E-state index in [2.05, 4.69) is 41.0 Å². The number of nitrogens with zero attached hydrogens (tertiary/aromatic N) is 2. The Balaban J connectivity index is 0.00000220. The number of carbonyl (C=O) groups is 1. The summed E-state index contributed by atoms with van der Waals surface area (Å²) in [5, 5.41) is 0. The molecule has 4 nitrogen and oxygen atoms in total. The van der Waals surface area contributed by atoms with Gasteiger partial charge in [0, 0.05) is 38.4 Å². The van der Waals surface area contributed by atoms with Crippen molar-refractivity contribution in [2.75, 3.05) is 44.2 Å². The van der Waals surface area contributed by atoms with Crippen LogP contribution >= 0.6 is 12.4 Å². The van der Waals surface area contributed by atoms with E-state index in [-0.39, 0.29) is 18.4 Å². The predicted molar refractivity (Wildman–Crippen MR) is 88.3 cm³/mol. The third-order valence-corrected chi connectivity index (χ3v) is 3.68. The highest BCUT2D eigenvalue weighted by atomic mass is 35.5. The average molecular weight is 313 g/mol. The van der Waals surface area contributed by atoms with Crippen LogP contribution < -0.4 is 4.90 Å². The van der Waals surface area contributed by atoms with E-state index in [9.17, 15) is 4.79 Å². The number of esters is 1. The van der Waals surface area contributed by atoms with Crippen LogP contribution in [0.15, 0.2) is 24.3 Å². The first kappa shape index (κ1) is 17.8. The molecule has 1 aliphatic heterocycles. The van der Waals surface area contributed by atoms with Gasteiger partial charge in [0.25, 0.3) is 0 Å². The van der Waals surface area contributed by atoms with Crippen molar-refractivity contribution < 1.29 is 9.53 Å². The van der Waals surface area contributed by atoms with Gasteiger partial charge in [-0.2, -0.15) is 0 Å². The van der Waals surface area contributed by atoms with Crippen LogP contribution in [0.1, 0.15) is 18.9 Å². The molecular weight excluding hydrogens is 288 g/mol. The number of ether oxygens (including phenoxy) is 1. The van der Waals surface area contributed by atoms with Crippen molar-refractivity contribution in [3.63, 3.8) is 0 Å². The molecule has 2 rings (SSSR count). The average Bonchev–Trinajstić information content (AvgIpc) is 2.46. The number of rotatable bonds is 5. The van der Waals surface area contributed by atoms with E-state index in [4.69, 9.17) is 4.74 Å². The molecular formula is C16H25ClN2O2. The minimum atomic E-state index is -0.0892. The highest BCUT2D eigenvalue weighted by Crippen LogP contribution is 2.17. The Bertz CT molecular complexity index is 446. The van der Waals surface area contributed by atoms with Crippen LogP contribution in [0.2, 0.25) is 0 Å². The monoisotopic (exact) mass is 312 g/mol. The van der Waals surface area contributed by atoms with Gasteiger partial charge in [0.15, 0.2) is 0 Å². The molecule has 1 aliphatic rings.